The van der Waals surface area contributed by atoms with Crippen molar-refractivity contribution < 1.29 is 13.2 Å². The number of halogens is 3. The number of hydrogen-bond acceptors (Lipinski definition) is 5. The van der Waals surface area contributed by atoms with Gasteiger partial charge >= 0.3 is 6.18 Å². The standard InChI is InChI=1S/C8H14F3N3S2Si/c1-17(2,3)5-15-7-14-13-6(16-7)12-4-8(9,10)11/h4-5H2,1-3H3,(H,12,13). The van der Waals surface area contributed by atoms with E-state index < -0.39 is 20.8 Å². The molecule has 0 aromatic carbocycles. The summed E-state index contributed by atoms with van der Waals surface area (Å²) in [6.07, 6.45) is -4.22. The van der Waals surface area contributed by atoms with Crippen LogP contribution >= 0.6 is 23.1 Å². The minimum absolute atomic E-state index is 0.223. The van der Waals surface area contributed by atoms with Crippen molar-refractivity contribution in [3.63, 3.8) is 0 Å². The van der Waals surface area contributed by atoms with Crippen LogP contribution in [0.4, 0.5) is 18.3 Å². The highest BCUT2D eigenvalue weighted by Gasteiger charge is 2.27. The van der Waals surface area contributed by atoms with Crippen molar-refractivity contribution >= 4 is 36.3 Å². The maximum atomic E-state index is 11.9. The van der Waals surface area contributed by atoms with Crippen LogP contribution in [0.15, 0.2) is 4.34 Å². The summed E-state index contributed by atoms with van der Waals surface area (Å²) in [6.45, 7) is 5.61. The molecule has 0 amide bonds. The average molecular weight is 301 g/mol. The SMILES string of the molecule is C[Si](C)(C)CSc1nnc(NCC(F)(F)F)s1. The van der Waals surface area contributed by atoms with Crippen molar-refractivity contribution in [2.75, 3.05) is 17.2 Å². The smallest absolute Gasteiger partial charge is 0.351 e. The number of thioether (sulfide) groups is 1. The predicted molar refractivity (Wildman–Crippen MR) is 68.5 cm³/mol. The van der Waals surface area contributed by atoms with Gasteiger partial charge in [-0.2, -0.15) is 13.2 Å². The molecule has 1 aromatic rings. The lowest BCUT2D eigenvalue weighted by Crippen LogP contribution is -2.23. The van der Waals surface area contributed by atoms with E-state index in [9.17, 15) is 13.2 Å². The summed E-state index contributed by atoms with van der Waals surface area (Å²) in [6, 6.07) is 0. The van der Waals surface area contributed by atoms with Gasteiger partial charge in [-0.05, 0) is 5.38 Å². The molecule has 3 nitrogen and oxygen atoms in total. The van der Waals surface area contributed by atoms with Gasteiger partial charge in [-0.1, -0.05) is 42.7 Å². The third-order valence-electron chi connectivity index (χ3n) is 1.48. The predicted octanol–water partition coefficient (Wildman–Crippen LogP) is 3.48. The molecule has 0 atom stereocenters. The van der Waals surface area contributed by atoms with Crippen LogP contribution in [0.3, 0.4) is 0 Å². The van der Waals surface area contributed by atoms with Crippen LogP contribution in [0.1, 0.15) is 0 Å². The van der Waals surface area contributed by atoms with E-state index in [4.69, 9.17) is 0 Å². The van der Waals surface area contributed by atoms with E-state index in [0.717, 1.165) is 9.72 Å². The molecule has 0 aliphatic heterocycles. The molecule has 17 heavy (non-hydrogen) atoms. The Labute approximate surface area is 107 Å². The monoisotopic (exact) mass is 301 g/mol. The zero-order valence-corrected chi connectivity index (χ0v) is 12.4. The number of aromatic nitrogens is 2. The zero-order chi connectivity index (χ0) is 13.1. The Bertz CT molecular complexity index is 329. The van der Waals surface area contributed by atoms with Gasteiger partial charge in [0, 0.05) is 0 Å². The van der Waals surface area contributed by atoms with Gasteiger partial charge in [0.25, 0.3) is 0 Å². The minimum Gasteiger partial charge on any atom is -0.351 e. The molecule has 1 N–H and O–H groups in total. The number of nitrogens with one attached hydrogen (secondary N) is 1. The summed E-state index contributed by atoms with van der Waals surface area (Å²) in [5.74, 6) is 0. The lowest BCUT2D eigenvalue weighted by Gasteiger charge is -2.12. The Morgan fingerprint density at radius 1 is 1.29 bits per heavy atom. The van der Waals surface area contributed by atoms with Crippen molar-refractivity contribution in [3.05, 3.63) is 0 Å². The van der Waals surface area contributed by atoms with Gasteiger partial charge in [-0.3, -0.25) is 0 Å². The van der Waals surface area contributed by atoms with Crippen molar-refractivity contribution in [1.82, 2.24) is 10.2 Å². The van der Waals surface area contributed by atoms with E-state index >= 15 is 0 Å². The Balaban J connectivity index is 2.43. The summed E-state index contributed by atoms with van der Waals surface area (Å²) >= 11 is 2.73. The highest BCUT2D eigenvalue weighted by Crippen LogP contribution is 2.28. The third-order valence-corrected chi connectivity index (χ3v) is 7.12. The molecule has 1 aromatic heterocycles. The summed E-state index contributed by atoms with van der Waals surface area (Å²) < 4.78 is 36.6. The van der Waals surface area contributed by atoms with E-state index in [1.807, 2.05) is 0 Å². The lowest BCUT2D eigenvalue weighted by molar-refractivity contribution is -0.115. The third kappa shape index (κ3) is 6.89. The highest BCUT2D eigenvalue weighted by atomic mass is 32.2. The molecule has 0 radical (unpaired) electrons. The van der Waals surface area contributed by atoms with Crippen LogP contribution in [-0.2, 0) is 0 Å². The number of nitrogens with zero attached hydrogens (tertiary/aromatic N) is 2. The van der Waals surface area contributed by atoms with Crippen LogP contribution in [0, 0.1) is 0 Å². The first kappa shape index (κ1) is 14.8. The Kier molecular flexibility index (Phi) is 4.84. The highest BCUT2D eigenvalue weighted by molar-refractivity contribution is 8.02. The molecule has 1 heterocycles. The fraction of sp³-hybridized carbons (Fsp3) is 0.750. The number of rotatable bonds is 5. The van der Waals surface area contributed by atoms with E-state index in [1.165, 1.54) is 11.3 Å². The molecule has 0 spiro atoms. The van der Waals surface area contributed by atoms with Gasteiger partial charge in [-0.15, -0.1) is 10.2 Å². The molecular formula is C8H14F3N3S2Si. The maximum Gasteiger partial charge on any atom is 0.405 e. The van der Waals surface area contributed by atoms with Crippen molar-refractivity contribution in [1.29, 1.82) is 0 Å². The van der Waals surface area contributed by atoms with Crippen LogP contribution in [0.5, 0.6) is 0 Å². The maximum absolute atomic E-state index is 11.9. The van der Waals surface area contributed by atoms with E-state index in [2.05, 4.69) is 35.2 Å². The van der Waals surface area contributed by atoms with Crippen LogP contribution in [0.2, 0.25) is 19.6 Å². The number of anilines is 1. The summed E-state index contributed by atoms with van der Waals surface area (Å²) in [4.78, 5) is 0. The number of alkyl halides is 3. The van der Waals surface area contributed by atoms with Crippen LogP contribution < -0.4 is 5.32 Å². The first-order valence-corrected chi connectivity index (χ1v) is 10.4. The molecule has 0 bridgehead atoms. The minimum atomic E-state index is -4.22. The van der Waals surface area contributed by atoms with Gasteiger partial charge in [0.05, 0.1) is 8.07 Å². The second-order valence-corrected chi connectivity index (χ2v) is 12.9. The Morgan fingerprint density at radius 2 is 1.94 bits per heavy atom. The molecule has 0 unspecified atom stereocenters. The first-order chi connectivity index (χ1) is 7.66. The molecule has 0 fully saturated rings. The normalized spacial score (nSPS) is 12.8. The zero-order valence-electron chi connectivity index (χ0n) is 9.76. The quantitative estimate of drug-likeness (QED) is 0.667. The largest absolute Gasteiger partial charge is 0.405 e. The average Bonchev–Trinajstić information content (AvgIpc) is 2.57. The molecule has 9 heteroatoms. The van der Waals surface area contributed by atoms with Gasteiger partial charge in [-0.25, -0.2) is 0 Å². The van der Waals surface area contributed by atoms with Gasteiger partial charge in [0.2, 0.25) is 5.13 Å². The molecule has 0 aliphatic carbocycles. The molecule has 0 saturated carbocycles. The van der Waals surface area contributed by atoms with Crippen molar-refractivity contribution in [2.24, 2.45) is 0 Å². The van der Waals surface area contributed by atoms with Crippen LogP contribution in [-0.4, -0.2) is 36.4 Å². The van der Waals surface area contributed by atoms with E-state index in [0.29, 0.717) is 0 Å². The molecule has 0 aliphatic rings. The Hall–Kier alpha value is -0.283. The lowest BCUT2D eigenvalue weighted by atomic mass is 10.6. The van der Waals surface area contributed by atoms with Gasteiger partial charge < -0.3 is 5.32 Å². The molecule has 0 saturated heterocycles. The second kappa shape index (κ2) is 5.57. The van der Waals surface area contributed by atoms with Crippen molar-refractivity contribution in [2.45, 2.75) is 30.2 Å². The Morgan fingerprint density at radius 3 is 2.47 bits per heavy atom. The fourth-order valence-electron chi connectivity index (χ4n) is 0.794. The van der Waals surface area contributed by atoms with Crippen LogP contribution in [0.25, 0.3) is 0 Å². The fourth-order valence-corrected chi connectivity index (χ4v) is 4.59. The van der Waals surface area contributed by atoms with Gasteiger partial charge in [0.15, 0.2) is 4.34 Å². The molecular weight excluding hydrogens is 287 g/mol. The molecule has 1 rings (SSSR count). The van der Waals surface area contributed by atoms with E-state index in [-0.39, 0.29) is 5.13 Å². The molecule has 98 valence electrons. The van der Waals surface area contributed by atoms with Gasteiger partial charge in [0.1, 0.15) is 6.54 Å². The topological polar surface area (TPSA) is 37.8 Å². The summed E-state index contributed by atoms with van der Waals surface area (Å²) in [5, 5.41) is 10.9. The van der Waals surface area contributed by atoms with E-state index in [1.54, 1.807) is 11.8 Å². The first-order valence-electron chi connectivity index (χ1n) is 4.93. The van der Waals surface area contributed by atoms with Crippen molar-refractivity contribution in [3.8, 4) is 0 Å². The summed E-state index contributed by atoms with van der Waals surface area (Å²) in [7, 11) is -1.18. The summed E-state index contributed by atoms with van der Waals surface area (Å²) in [5.41, 5.74) is 0. The number of hydrogen-bond donors (Lipinski definition) is 1. The second-order valence-electron chi connectivity index (χ2n) is 4.69.